The van der Waals surface area contributed by atoms with E-state index in [1.165, 1.54) is 12.8 Å². The van der Waals surface area contributed by atoms with Gasteiger partial charge in [0.1, 0.15) is 0 Å². The molecule has 1 saturated heterocycles. The molecule has 0 aromatic rings. The molecule has 3 heteroatoms. The molecule has 0 bridgehead atoms. The van der Waals surface area contributed by atoms with E-state index in [1.54, 1.807) is 0 Å². The first-order valence-electron chi connectivity index (χ1n) is 6.70. The third-order valence-corrected chi connectivity index (χ3v) is 4.14. The molecule has 0 aromatic carbocycles. The number of carbonyl (C=O) groups excluding carboxylic acids is 1. The molecule has 0 aromatic heterocycles. The Bertz CT molecular complexity index is 248. The molecule has 1 amide bonds. The van der Waals surface area contributed by atoms with Crippen LogP contribution in [0.15, 0.2) is 0 Å². The number of nitrogens with one attached hydrogen (secondary N) is 2. The van der Waals surface area contributed by atoms with Crippen LogP contribution in [-0.2, 0) is 4.79 Å². The van der Waals surface area contributed by atoms with Gasteiger partial charge < -0.3 is 10.6 Å². The first-order chi connectivity index (χ1) is 7.66. The van der Waals surface area contributed by atoms with Gasteiger partial charge in [0, 0.05) is 6.04 Å². The fourth-order valence-electron chi connectivity index (χ4n) is 3.07. The zero-order valence-corrected chi connectivity index (χ0v) is 10.5. The molecule has 1 saturated carbocycles. The van der Waals surface area contributed by atoms with Crippen molar-refractivity contribution in [1.82, 2.24) is 10.6 Å². The van der Waals surface area contributed by atoms with Gasteiger partial charge in [-0.1, -0.05) is 13.8 Å². The fraction of sp³-hybridized carbons (Fsp3) is 0.923. The summed E-state index contributed by atoms with van der Waals surface area (Å²) in [6.45, 7) is 5.57. The number of amides is 1. The minimum atomic E-state index is 0.0755. The van der Waals surface area contributed by atoms with Crippen molar-refractivity contribution in [2.75, 3.05) is 6.54 Å². The molecule has 0 radical (unpaired) electrons. The summed E-state index contributed by atoms with van der Waals surface area (Å²) >= 11 is 0. The lowest BCUT2D eigenvalue weighted by atomic mass is 9.80. The SMILES string of the molecule is CC1CCC(NC(=O)[C@H]2CCCN2)C(C)C1. The summed E-state index contributed by atoms with van der Waals surface area (Å²) in [7, 11) is 0. The Kier molecular flexibility index (Phi) is 3.85. The van der Waals surface area contributed by atoms with Crippen molar-refractivity contribution in [2.45, 2.75) is 58.0 Å². The lowest BCUT2D eigenvalue weighted by molar-refractivity contribution is -0.124. The average molecular weight is 224 g/mol. The molecule has 2 fully saturated rings. The topological polar surface area (TPSA) is 41.1 Å². The molecule has 0 spiro atoms. The Morgan fingerprint density at radius 3 is 2.69 bits per heavy atom. The standard InChI is InChI=1S/C13H24N2O/c1-9-5-6-11(10(2)8-9)15-13(16)12-4-3-7-14-12/h9-12,14H,3-8H2,1-2H3,(H,15,16)/t9?,10?,11?,12-/m1/s1. The van der Waals surface area contributed by atoms with E-state index in [1.807, 2.05) is 0 Å². The van der Waals surface area contributed by atoms with Crippen molar-refractivity contribution in [1.29, 1.82) is 0 Å². The summed E-state index contributed by atoms with van der Waals surface area (Å²) in [5.74, 6) is 1.69. The minimum absolute atomic E-state index is 0.0755. The minimum Gasteiger partial charge on any atom is -0.352 e. The van der Waals surface area contributed by atoms with Crippen LogP contribution in [0.4, 0.5) is 0 Å². The zero-order valence-electron chi connectivity index (χ0n) is 10.5. The molecular formula is C13H24N2O. The molecule has 1 aliphatic carbocycles. The van der Waals surface area contributed by atoms with Gasteiger partial charge >= 0.3 is 0 Å². The maximum absolute atomic E-state index is 12.0. The summed E-state index contributed by atoms with van der Waals surface area (Å²) in [6, 6.07) is 0.484. The highest BCUT2D eigenvalue weighted by molar-refractivity contribution is 5.82. The van der Waals surface area contributed by atoms with Crippen LogP contribution < -0.4 is 10.6 Å². The van der Waals surface area contributed by atoms with Crippen LogP contribution in [0.1, 0.15) is 46.0 Å². The Balaban J connectivity index is 1.82. The molecule has 2 N–H and O–H groups in total. The van der Waals surface area contributed by atoms with Crippen molar-refractivity contribution in [3.8, 4) is 0 Å². The van der Waals surface area contributed by atoms with Crippen molar-refractivity contribution >= 4 is 5.91 Å². The molecule has 2 rings (SSSR count). The highest BCUT2D eigenvalue weighted by Gasteiger charge is 2.29. The average Bonchev–Trinajstić information content (AvgIpc) is 2.75. The highest BCUT2D eigenvalue weighted by atomic mass is 16.2. The van der Waals surface area contributed by atoms with Gasteiger partial charge in [-0.15, -0.1) is 0 Å². The van der Waals surface area contributed by atoms with Gasteiger partial charge in [-0.2, -0.15) is 0 Å². The number of hydrogen-bond donors (Lipinski definition) is 2. The predicted octanol–water partition coefficient (Wildman–Crippen LogP) is 1.68. The third kappa shape index (κ3) is 2.76. The van der Waals surface area contributed by atoms with Gasteiger partial charge in [0.25, 0.3) is 0 Å². The van der Waals surface area contributed by atoms with Gasteiger partial charge in [0.2, 0.25) is 5.91 Å². The second-order valence-electron chi connectivity index (χ2n) is 5.66. The summed E-state index contributed by atoms with van der Waals surface area (Å²) in [5.41, 5.74) is 0. The fourth-order valence-corrected chi connectivity index (χ4v) is 3.07. The molecule has 1 aliphatic heterocycles. The molecular weight excluding hydrogens is 200 g/mol. The molecule has 16 heavy (non-hydrogen) atoms. The van der Waals surface area contributed by atoms with Gasteiger partial charge in [0.05, 0.1) is 6.04 Å². The first-order valence-corrected chi connectivity index (χ1v) is 6.70. The van der Waals surface area contributed by atoms with Crippen molar-refractivity contribution < 1.29 is 4.79 Å². The first kappa shape index (κ1) is 11.9. The highest BCUT2D eigenvalue weighted by Crippen LogP contribution is 2.28. The maximum atomic E-state index is 12.0. The van der Waals surface area contributed by atoms with E-state index < -0.39 is 0 Å². The second kappa shape index (κ2) is 5.17. The lowest BCUT2D eigenvalue weighted by Crippen LogP contribution is -2.48. The molecule has 1 heterocycles. The van der Waals surface area contributed by atoms with Crippen LogP contribution in [0.2, 0.25) is 0 Å². The third-order valence-electron chi connectivity index (χ3n) is 4.14. The Hall–Kier alpha value is -0.570. The van der Waals surface area contributed by atoms with E-state index >= 15 is 0 Å². The molecule has 3 nitrogen and oxygen atoms in total. The largest absolute Gasteiger partial charge is 0.352 e. The Morgan fingerprint density at radius 1 is 1.25 bits per heavy atom. The number of carbonyl (C=O) groups is 1. The van der Waals surface area contributed by atoms with E-state index in [0.717, 1.165) is 31.7 Å². The second-order valence-corrected chi connectivity index (χ2v) is 5.66. The number of hydrogen-bond acceptors (Lipinski definition) is 2. The summed E-state index contributed by atoms with van der Waals surface area (Å²) in [6.07, 6.45) is 5.80. The smallest absolute Gasteiger partial charge is 0.237 e. The van der Waals surface area contributed by atoms with E-state index in [2.05, 4.69) is 24.5 Å². The molecule has 3 unspecified atom stereocenters. The summed E-state index contributed by atoms with van der Waals surface area (Å²) < 4.78 is 0. The summed E-state index contributed by atoms with van der Waals surface area (Å²) in [4.78, 5) is 12.0. The molecule has 4 atom stereocenters. The van der Waals surface area contributed by atoms with E-state index in [0.29, 0.717) is 12.0 Å². The lowest BCUT2D eigenvalue weighted by Gasteiger charge is -2.33. The summed E-state index contributed by atoms with van der Waals surface area (Å²) in [5, 5.41) is 6.49. The van der Waals surface area contributed by atoms with Gasteiger partial charge in [0.15, 0.2) is 0 Å². The van der Waals surface area contributed by atoms with Gasteiger partial charge in [-0.3, -0.25) is 4.79 Å². The van der Waals surface area contributed by atoms with Crippen LogP contribution >= 0.6 is 0 Å². The monoisotopic (exact) mass is 224 g/mol. The van der Waals surface area contributed by atoms with Crippen LogP contribution in [0.25, 0.3) is 0 Å². The zero-order chi connectivity index (χ0) is 11.5. The Morgan fingerprint density at radius 2 is 2.06 bits per heavy atom. The van der Waals surface area contributed by atoms with Crippen LogP contribution in [-0.4, -0.2) is 24.5 Å². The molecule has 92 valence electrons. The van der Waals surface area contributed by atoms with Crippen LogP contribution in [0.5, 0.6) is 0 Å². The Labute approximate surface area is 98.4 Å². The quantitative estimate of drug-likeness (QED) is 0.749. The van der Waals surface area contributed by atoms with Gasteiger partial charge in [-0.05, 0) is 50.5 Å². The van der Waals surface area contributed by atoms with E-state index in [9.17, 15) is 4.79 Å². The van der Waals surface area contributed by atoms with Crippen molar-refractivity contribution in [3.63, 3.8) is 0 Å². The van der Waals surface area contributed by atoms with E-state index in [-0.39, 0.29) is 11.9 Å². The normalized spacial score (nSPS) is 39.6. The van der Waals surface area contributed by atoms with Crippen LogP contribution in [0, 0.1) is 11.8 Å². The van der Waals surface area contributed by atoms with Crippen molar-refractivity contribution in [3.05, 3.63) is 0 Å². The maximum Gasteiger partial charge on any atom is 0.237 e. The predicted molar refractivity (Wildman–Crippen MR) is 65.1 cm³/mol. The van der Waals surface area contributed by atoms with Gasteiger partial charge in [-0.25, -0.2) is 0 Å². The number of rotatable bonds is 2. The van der Waals surface area contributed by atoms with Crippen LogP contribution in [0.3, 0.4) is 0 Å². The van der Waals surface area contributed by atoms with E-state index in [4.69, 9.17) is 0 Å². The van der Waals surface area contributed by atoms with Crippen molar-refractivity contribution in [2.24, 2.45) is 11.8 Å². The molecule has 2 aliphatic rings.